The number of hydrogen-bond acceptors (Lipinski definition) is 1. The Morgan fingerprint density at radius 3 is 1.33 bits per heavy atom. The molecule has 0 N–H and O–H groups in total. The molecule has 0 aliphatic carbocycles. The van der Waals surface area contributed by atoms with Gasteiger partial charge in [0.25, 0.3) is 0 Å². The molecule has 0 saturated carbocycles. The molecule has 0 atom stereocenters. The van der Waals surface area contributed by atoms with E-state index in [4.69, 9.17) is 4.42 Å². The lowest BCUT2D eigenvalue weighted by Crippen LogP contribution is -1.93. The zero-order chi connectivity index (χ0) is 33.5. The molecule has 0 spiro atoms. The molecule has 1 aromatic heterocycles. The van der Waals surface area contributed by atoms with E-state index in [9.17, 15) is 0 Å². The Kier molecular flexibility index (Phi) is 6.02. The number of benzene rings is 10. The molecule has 0 aliphatic rings. The van der Waals surface area contributed by atoms with E-state index >= 15 is 0 Å². The fourth-order valence-corrected chi connectivity index (χ4v) is 8.72. The van der Waals surface area contributed by atoms with Gasteiger partial charge in [-0.15, -0.1) is 0 Å². The summed E-state index contributed by atoms with van der Waals surface area (Å²) >= 11 is 0. The number of rotatable bonds is 3. The second-order valence-corrected chi connectivity index (χ2v) is 13.5. The normalized spacial score (nSPS) is 11.9. The van der Waals surface area contributed by atoms with Crippen LogP contribution in [0.1, 0.15) is 0 Å². The van der Waals surface area contributed by atoms with Crippen molar-refractivity contribution in [3.05, 3.63) is 182 Å². The molecule has 11 rings (SSSR count). The summed E-state index contributed by atoms with van der Waals surface area (Å²) in [7, 11) is 0. The van der Waals surface area contributed by atoms with Gasteiger partial charge in [0.1, 0.15) is 11.2 Å². The Labute approximate surface area is 294 Å². The summed E-state index contributed by atoms with van der Waals surface area (Å²) in [4.78, 5) is 0. The van der Waals surface area contributed by atoms with Gasteiger partial charge in [-0.05, 0) is 99.4 Å². The summed E-state index contributed by atoms with van der Waals surface area (Å²) < 4.78 is 6.50. The maximum Gasteiger partial charge on any atom is 0.136 e. The second kappa shape index (κ2) is 10.9. The number of hydrogen-bond donors (Lipinski definition) is 0. The molecule has 0 fully saturated rings. The molecule has 0 aliphatic heterocycles. The summed E-state index contributed by atoms with van der Waals surface area (Å²) in [6.45, 7) is 0. The van der Waals surface area contributed by atoms with E-state index in [2.05, 4.69) is 176 Å². The van der Waals surface area contributed by atoms with E-state index in [1.807, 2.05) is 6.07 Å². The summed E-state index contributed by atoms with van der Waals surface area (Å²) in [5.41, 5.74) is 9.27. The smallest absolute Gasteiger partial charge is 0.136 e. The highest BCUT2D eigenvalue weighted by molar-refractivity contribution is 6.27. The molecular formula is C50H30O. The van der Waals surface area contributed by atoms with E-state index < -0.39 is 0 Å². The largest absolute Gasteiger partial charge is 0.456 e. The SMILES string of the molecule is c1ccc2c(-c3c4ccccc4c(-c4ccc(-c5cc6oc7ccccc7c6c6ccccc56)c5ccccc45)c4ccccc34)cccc2c1. The van der Waals surface area contributed by atoms with Crippen molar-refractivity contribution in [3.63, 3.8) is 0 Å². The van der Waals surface area contributed by atoms with Gasteiger partial charge in [-0.3, -0.25) is 0 Å². The van der Waals surface area contributed by atoms with Crippen molar-refractivity contribution in [2.75, 3.05) is 0 Å². The van der Waals surface area contributed by atoms with Gasteiger partial charge in [-0.1, -0.05) is 170 Å². The Balaban J connectivity index is 1.22. The monoisotopic (exact) mass is 646 g/mol. The van der Waals surface area contributed by atoms with Crippen LogP contribution in [-0.2, 0) is 0 Å². The standard InChI is InChI=1S/C50H30O/c1-2-16-32-31(14-1)15-13-26-37(32)48-39-21-7-9-23-41(39)49(42-24-10-8-22-40(42)48)43-29-28-36(33-17-3-4-18-34(33)43)45-30-47-50(38-20-6-5-19-35(38)45)44-25-11-12-27-46(44)51-47/h1-30H. The fraction of sp³-hybridized carbons (Fsp3) is 0. The molecule has 236 valence electrons. The number of fused-ring (bicyclic) bond motifs is 9. The minimum atomic E-state index is 0.916. The number of furan rings is 1. The molecule has 0 bridgehead atoms. The molecule has 10 aromatic carbocycles. The lowest BCUT2D eigenvalue weighted by molar-refractivity contribution is 0.669. The van der Waals surface area contributed by atoms with Crippen molar-refractivity contribution >= 4 is 75.8 Å². The Morgan fingerprint density at radius 2 is 0.686 bits per heavy atom. The molecule has 0 saturated heterocycles. The topological polar surface area (TPSA) is 13.1 Å². The Hall–Kier alpha value is -6.70. The lowest BCUT2D eigenvalue weighted by Gasteiger charge is -2.20. The highest BCUT2D eigenvalue weighted by atomic mass is 16.3. The van der Waals surface area contributed by atoms with Crippen molar-refractivity contribution in [1.29, 1.82) is 0 Å². The molecule has 0 unspecified atom stereocenters. The zero-order valence-electron chi connectivity index (χ0n) is 27.7. The van der Waals surface area contributed by atoms with Gasteiger partial charge in [0.2, 0.25) is 0 Å². The van der Waals surface area contributed by atoms with Crippen LogP contribution >= 0.6 is 0 Å². The van der Waals surface area contributed by atoms with Crippen LogP contribution in [0.4, 0.5) is 0 Å². The van der Waals surface area contributed by atoms with Crippen LogP contribution in [0.15, 0.2) is 186 Å². The van der Waals surface area contributed by atoms with Crippen LogP contribution in [0.2, 0.25) is 0 Å². The predicted octanol–water partition coefficient (Wildman–Crippen LogP) is 14.4. The van der Waals surface area contributed by atoms with Crippen LogP contribution in [0.3, 0.4) is 0 Å². The minimum absolute atomic E-state index is 0.916. The highest BCUT2D eigenvalue weighted by Gasteiger charge is 2.21. The molecule has 0 radical (unpaired) electrons. The van der Waals surface area contributed by atoms with Crippen LogP contribution in [-0.4, -0.2) is 0 Å². The van der Waals surface area contributed by atoms with Gasteiger partial charge in [0.05, 0.1) is 0 Å². The van der Waals surface area contributed by atoms with Crippen LogP contribution in [0, 0.1) is 0 Å². The summed E-state index contributed by atoms with van der Waals surface area (Å²) in [5.74, 6) is 0. The first-order valence-corrected chi connectivity index (χ1v) is 17.6. The van der Waals surface area contributed by atoms with Crippen molar-refractivity contribution < 1.29 is 4.42 Å². The summed E-state index contributed by atoms with van der Waals surface area (Å²) in [6.07, 6.45) is 0. The van der Waals surface area contributed by atoms with E-state index in [-0.39, 0.29) is 0 Å². The highest BCUT2D eigenvalue weighted by Crippen LogP contribution is 2.48. The Morgan fingerprint density at radius 1 is 0.255 bits per heavy atom. The van der Waals surface area contributed by atoms with Crippen molar-refractivity contribution in [2.45, 2.75) is 0 Å². The quantitative estimate of drug-likeness (QED) is 0.174. The molecular weight excluding hydrogens is 617 g/mol. The third-order valence-electron chi connectivity index (χ3n) is 10.9. The molecule has 1 heteroatoms. The minimum Gasteiger partial charge on any atom is -0.456 e. The van der Waals surface area contributed by atoms with Gasteiger partial charge < -0.3 is 4.42 Å². The van der Waals surface area contributed by atoms with Gasteiger partial charge in [0.15, 0.2) is 0 Å². The summed E-state index contributed by atoms with van der Waals surface area (Å²) in [6, 6.07) is 66.3. The third-order valence-corrected chi connectivity index (χ3v) is 10.9. The first-order valence-electron chi connectivity index (χ1n) is 17.6. The van der Waals surface area contributed by atoms with E-state index in [1.165, 1.54) is 92.6 Å². The third kappa shape index (κ3) is 4.09. The average Bonchev–Trinajstić information content (AvgIpc) is 3.58. The molecule has 11 aromatic rings. The van der Waals surface area contributed by atoms with Crippen molar-refractivity contribution in [2.24, 2.45) is 0 Å². The van der Waals surface area contributed by atoms with Gasteiger partial charge in [-0.2, -0.15) is 0 Å². The number of para-hydroxylation sites is 1. The first kappa shape index (κ1) is 28.2. The second-order valence-electron chi connectivity index (χ2n) is 13.5. The van der Waals surface area contributed by atoms with Crippen LogP contribution in [0.25, 0.3) is 109 Å². The molecule has 1 nitrogen and oxygen atoms in total. The van der Waals surface area contributed by atoms with E-state index in [1.54, 1.807) is 0 Å². The van der Waals surface area contributed by atoms with Crippen molar-refractivity contribution in [1.82, 2.24) is 0 Å². The molecule has 1 heterocycles. The van der Waals surface area contributed by atoms with Gasteiger partial charge >= 0.3 is 0 Å². The zero-order valence-corrected chi connectivity index (χ0v) is 27.7. The molecule has 0 amide bonds. The lowest BCUT2D eigenvalue weighted by atomic mass is 9.82. The predicted molar refractivity (Wildman–Crippen MR) is 218 cm³/mol. The summed E-state index contributed by atoms with van der Waals surface area (Å²) in [5, 5.41) is 14.8. The van der Waals surface area contributed by atoms with E-state index in [0.29, 0.717) is 0 Å². The van der Waals surface area contributed by atoms with Gasteiger partial charge in [-0.25, -0.2) is 0 Å². The molecule has 51 heavy (non-hydrogen) atoms. The van der Waals surface area contributed by atoms with Crippen LogP contribution < -0.4 is 0 Å². The van der Waals surface area contributed by atoms with Crippen LogP contribution in [0.5, 0.6) is 0 Å². The Bertz CT molecular complexity index is 3130. The maximum atomic E-state index is 6.50. The first-order chi connectivity index (χ1) is 25.3. The average molecular weight is 647 g/mol. The van der Waals surface area contributed by atoms with Gasteiger partial charge in [0, 0.05) is 10.8 Å². The van der Waals surface area contributed by atoms with E-state index in [0.717, 1.165) is 16.6 Å². The maximum absolute atomic E-state index is 6.50. The van der Waals surface area contributed by atoms with Crippen molar-refractivity contribution in [3.8, 4) is 33.4 Å². The fourth-order valence-electron chi connectivity index (χ4n) is 8.72.